The van der Waals surface area contributed by atoms with Crippen molar-refractivity contribution in [2.24, 2.45) is 4.99 Å². The first-order valence-corrected chi connectivity index (χ1v) is 11.3. The van der Waals surface area contributed by atoms with Gasteiger partial charge in [-0.2, -0.15) is 0 Å². The number of hydrogen-bond acceptors (Lipinski definition) is 4. The van der Waals surface area contributed by atoms with Crippen molar-refractivity contribution in [1.82, 2.24) is 20.4 Å². The number of benzene rings is 1. The van der Waals surface area contributed by atoms with Crippen LogP contribution in [0.25, 0.3) is 0 Å². The van der Waals surface area contributed by atoms with Crippen LogP contribution >= 0.6 is 0 Å². The summed E-state index contributed by atoms with van der Waals surface area (Å²) < 4.78 is 19.2. The summed E-state index contributed by atoms with van der Waals surface area (Å²) in [7, 11) is 4.02. The van der Waals surface area contributed by atoms with Crippen molar-refractivity contribution in [3.8, 4) is 5.75 Å². The molecule has 1 aromatic carbocycles. The van der Waals surface area contributed by atoms with E-state index in [0.29, 0.717) is 12.3 Å². The smallest absolute Gasteiger partial charge is 0.191 e. The van der Waals surface area contributed by atoms with Gasteiger partial charge in [-0.25, -0.2) is 4.39 Å². The third-order valence-electron chi connectivity index (χ3n) is 6.44. The fourth-order valence-corrected chi connectivity index (χ4v) is 4.53. The molecule has 1 aromatic rings. The fraction of sp³-hybridized carbons (Fsp3) is 0.696. The number of halogens is 1. The fourth-order valence-electron chi connectivity index (χ4n) is 4.53. The molecule has 2 saturated heterocycles. The molecule has 0 bridgehead atoms. The molecule has 0 amide bonds. The summed E-state index contributed by atoms with van der Waals surface area (Å²) in [6.07, 6.45) is 6.23. The minimum Gasteiger partial charge on any atom is -0.489 e. The van der Waals surface area contributed by atoms with Crippen LogP contribution in [0, 0.1) is 5.82 Å². The minimum atomic E-state index is -0.286. The Bertz CT molecular complexity index is 684. The van der Waals surface area contributed by atoms with Crippen LogP contribution in [0.4, 0.5) is 4.39 Å². The van der Waals surface area contributed by atoms with Crippen LogP contribution in [0.5, 0.6) is 5.75 Å². The highest BCUT2D eigenvalue weighted by atomic mass is 19.1. The van der Waals surface area contributed by atoms with Gasteiger partial charge in [0.2, 0.25) is 0 Å². The van der Waals surface area contributed by atoms with Crippen LogP contribution in [0.2, 0.25) is 0 Å². The standard InChI is InChI=1S/C23H38FN5O/c1-19(30-21-9-7-8-20(24)16-21)17-26-22(25-2)27-18-23(10-14-28(3)15-11-23)29-12-5-4-6-13-29/h7-9,16,19H,4-6,10-15,17-18H2,1-3H3,(H2,25,26,27). The summed E-state index contributed by atoms with van der Waals surface area (Å²) in [6.45, 7) is 8.16. The van der Waals surface area contributed by atoms with Gasteiger partial charge in [0.05, 0.1) is 6.54 Å². The number of guanidine groups is 1. The lowest BCUT2D eigenvalue weighted by molar-refractivity contribution is 0.0173. The first kappa shape index (κ1) is 22.8. The molecule has 2 N–H and O–H groups in total. The van der Waals surface area contributed by atoms with E-state index >= 15 is 0 Å². The monoisotopic (exact) mass is 419 g/mol. The maximum absolute atomic E-state index is 13.3. The molecule has 2 heterocycles. The van der Waals surface area contributed by atoms with E-state index in [9.17, 15) is 4.39 Å². The predicted octanol–water partition coefficient (Wildman–Crippen LogP) is 2.71. The molecule has 0 aromatic heterocycles. The van der Waals surface area contributed by atoms with Gasteiger partial charge in [-0.15, -0.1) is 0 Å². The molecule has 168 valence electrons. The van der Waals surface area contributed by atoms with Gasteiger partial charge in [-0.05, 0) is 78.0 Å². The molecule has 1 atom stereocenters. The Morgan fingerprint density at radius 1 is 1.17 bits per heavy atom. The predicted molar refractivity (Wildman–Crippen MR) is 121 cm³/mol. The first-order chi connectivity index (χ1) is 14.5. The quantitative estimate of drug-likeness (QED) is 0.526. The summed E-state index contributed by atoms with van der Waals surface area (Å²) in [5.74, 6) is 1.05. The van der Waals surface area contributed by atoms with Crippen LogP contribution in [0.3, 0.4) is 0 Å². The summed E-state index contributed by atoms with van der Waals surface area (Å²) in [4.78, 5) is 9.56. The third kappa shape index (κ3) is 6.32. The molecule has 2 aliphatic rings. The van der Waals surface area contributed by atoms with Gasteiger partial charge in [0.25, 0.3) is 0 Å². The maximum atomic E-state index is 13.3. The van der Waals surface area contributed by atoms with E-state index in [1.54, 1.807) is 19.2 Å². The van der Waals surface area contributed by atoms with Crippen LogP contribution in [0.15, 0.2) is 29.3 Å². The number of hydrogen-bond donors (Lipinski definition) is 2. The molecule has 2 aliphatic heterocycles. The Kier molecular flexibility index (Phi) is 8.33. The Balaban J connectivity index is 1.52. The molecule has 6 nitrogen and oxygen atoms in total. The summed E-state index contributed by atoms with van der Waals surface area (Å²) >= 11 is 0. The van der Waals surface area contributed by atoms with Crippen LogP contribution in [-0.2, 0) is 0 Å². The van der Waals surface area contributed by atoms with Gasteiger partial charge in [0.15, 0.2) is 5.96 Å². The number of aliphatic imine (C=N–C) groups is 1. The Morgan fingerprint density at radius 3 is 2.57 bits per heavy atom. The molecule has 2 fully saturated rings. The van der Waals surface area contributed by atoms with E-state index in [2.05, 4.69) is 32.5 Å². The zero-order valence-corrected chi connectivity index (χ0v) is 18.8. The summed E-state index contributed by atoms with van der Waals surface area (Å²) in [6, 6.07) is 6.26. The van der Waals surface area contributed by atoms with Crippen molar-refractivity contribution < 1.29 is 9.13 Å². The highest BCUT2D eigenvalue weighted by molar-refractivity contribution is 5.79. The average molecular weight is 420 g/mol. The summed E-state index contributed by atoms with van der Waals surface area (Å²) in [5, 5.41) is 6.95. The van der Waals surface area contributed by atoms with E-state index < -0.39 is 0 Å². The van der Waals surface area contributed by atoms with E-state index in [1.165, 1.54) is 57.3 Å². The highest BCUT2D eigenvalue weighted by Gasteiger charge is 2.39. The van der Waals surface area contributed by atoms with E-state index in [4.69, 9.17) is 4.74 Å². The van der Waals surface area contributed by atoms with Gasteiger partial charge in [0.1, 0.15) is 17.7 Å². The molecule has 1 unspecified atom stereocenters. The molecule has 0 saturated carbocycles. The van der Waals surface area contributed by atoms with Gasteiger partial charge in [0, 0.05) is 25.2 Å². The Morgan fingerprint density at radius 2 is 1.90 bits per heavy atom. The van der Waals surface area contributed by atoms with E-state index in [1.807, 2.05) is 6.92 Å². The van der Waals surface area contributed by atoms with Crippen LogP contribution < -0.4 is 15.4 Å². The zero-order chi connectivity index (χ0) is 21.4. The minimum absolute atomic E-state index is 0.107. The molecular weight excluding hydrogens is 381 g/mol. The Labute approximate surface area is 180 Å². The van der Waals surface area contributed by atoms with Crippen molar-refractivity contribution >= 4 is 5.96 Å². The van der Waals surface area contributed by atoms with E-state index in [-0.39, 0.29) is 17.5 Å². The number of nitrogens with zero attached hydrogens (tertiary/aromatic N) is 3. The molecule has 7 heteroatoms. The Hall–Kier alpha value is -1.86. The summed E-state index contributed by atoms with van der Waals surface area (Å²) in [5.41, 5.74) is 0.203. The lowest BCUT2D eigenvalue weighted by Crippen LogP contribution is -2.62. The average Bonchev–Trinajstić information content (AvgIpc) is 2.76. The number of nitrogens with one attached hydrogen (secondary N) is 2. The molecule has 30 heavy (non-hydrogen) atoms. The SMILES string of the molecule is CN=C(NCC(C)Oc1cccc(F)c1)NCC1(N2CCCCC2)CCN(C)CC1. The van der Waals surface area contributed by atoms with Gasteiger partial charge in [-0.1, -0.05) is 12.5 Å². The molecule has 3 rings (SSSR count). The second-order valence-corrected chi connectivity index (χ2v) is 8.77. The largest absolute Gasteiger partial charge is 0.489 e. The van der Waals surface area contributed by atoms with Gasteiger partial charge < -0.3 is 20.3 Å². The third-order valence-corrected chi connectivity index (χ3v) is 6.44. The molecule has 0 spiro atoms. The zero-order valence-electron chi connectivity index (χ0n) is 18.8. The second-order valence-electron chi connectivity index (χ2n) is 8.77. The normalized spacial score (nSPS) is 21.8. The van der Waals surface area contributed by atoms with Crippen molar-refractivity contribution in [1.29, 1.82) is 0 Å². The van der Waals surface area contributed by atoms with Crippen molar-refractivity contribution in [3.05, 3.63) is 30.1 Å². The lowest BCUT2D eigenvalue weighted by Gasteiger charge is -2.50. The number of piperidine rings is 2. The second kappa shape index (κ2) is 11.0. The van der Waals surface area contributed by atoms with Crippen LogP contribution in [0.1, 0.15) is 39.0 Å². The first-order valence-electron chi connectivity index (χ1n) is 11.3. The highest BCUT2D eigenvalue weighted by Crippen LogP contribution is 2.30. The lowest BCUT2D eigenvalue weighted by atomic mass is 9.84. The number of rotatable bonds is 7. The van der Waals surface area contributed by atoms with Gasteiger partial charge in [-0.3, -0.25) is 9.89 Å². The number of ether oxygens (including phenoxy) is 1. The molecular formula is C23H38FN5O. The van der Waals surface area contributed by atoms with Gasteiger partial charge >= 0.3 is 0 Å². The maximum Gasteiger partial charge on any atom is 0.191 e. The topological polar surface area (TPSA) is 52.1 Å². The van der Waals surface area contributed by atoms with Crippen LogP contribution in [-0.4, -0.2) is 80.8 Å². The van der Waals surface area contributed by atoms with Crippen molar-refractivity contribution in [2.45, 2.75) is 50.7 Å². The number of likely N-dealkylation sites (tertiary alicyclic amines) is 2. The van der Waals surface area contributed by atoms with E-state index in [0.717, 1.165) is 25.6 Å². The molecule has 0 aliphatic carbocycles. The van der Waals surface area contributed by atoms with Crippen molar-refractivity contribution in [3.63, 3.8) is 0 Å². The van der Waals surface area contributed by atoms with Crippen molar-refractivity contribution in [2.75, 3.05) is 53.4 Å². The molecule has 0 radical (unpaired) electrons.